The number of aliphatic hydroxyl groups is 1. The van der Waals surface area contributed by atoms with Gasteiger partial charge in [-0.2, -0.15) is 16.7 Å². The van der Waals surface area contributed by atoms with E-state index in [4.69, 9.17) is 10.8 Å². The van der Waals surface area contributed by atoms with Crippen LogP contribution in [-0.4, -0.2) is 32.8 Å². The second-order valence-corrected chi connectivity index (χ2v) is 4.66. The summed E-state index contributed by atoms with van der Waals surface area (Å²) < 4.78 is 1.57. The van der Waals surface area contributed by atoms with Crippen LogP contribution in [-0.2, 0) is 0 Å². The first-order chi connectivity index (χ1) is 7.22. The number of nitrogens with two attached hydrogens (primary N) is 1. The monoisotopic (exact) mass is 227 g/mol. The first kappa shape index (κ1) is 10.5. The topological polar surface area (TPSA) is 81.1 Å². The lowest BCUT2D eigenvalue weighted by Gasteiger charge is -2.18. The molecule has 1 aliphatic rings. The summed E-state index contributed by atoms with van der Waals surface area (Å²) in [6.07, 6.45) is 1.66. The molecular weight excluding hydrogens is 214 g/mol. The Kier molecular flexibility index (Phi) is 2.97. The molecule has 1 fully saturated rings. The van der Waals surface area contributed by atoms with E-state index in [1.807, 2.05) is 0 Å². The second kappa shape index (κ2) is 4.24. The summed E-state index contributed by atoms with van der Waals surface area (Å²) >= 11 is 1.74. The van der Waals surface area contributed by atoms with Crippen molar-refractivity contribution in [3.63, 3.8) is 0 Å². The molecule has 82 valence electrons. The number of nitrogens with zero attached hydrogens (tertiary/aromatic N) is 2. The van der Waals surface area contributed by atoms with Crippen LogP contribution in [0.5, 0.6) is 0 Å². The molecule has 1 aromatic rings. The minimum atomic E-state index is -0.332. The van der Waals surface area contributed by atoms with Crippen LogP contribution in [0.15, 0.2) is 17.1 Å². The zero-order chi connectivity index (χ0) is 10.8. The standard InChI is InChI=1S/C9H13N3O2S/c10-8-1-2-12(9(14)11-8)7-5-15-4-6(7)3-13/h1-2,6-7,13H,3-5H2,(H2,10,11,14)/t6-,7+/m0/s1. The third-order valence-corrected chi connectivity index (χ3v) is 3.85. The van der Waals surface area contributed by atoms with Crippen molar-refractivity contribution < 1.29 is 5.11 Å². The maximum Gasteiger partial charge on any atom is 0.349 e. The highest BCUT2D eigenvalue weighted by Gasteiger charge is 2.29. The first-order valence-electron chi connectivity index (χ1n) is 4.75. The fourth-order valence-corrected chi connectivity index (χ4v) is 3.19. The minimum absolute atomic E-state index is 0.0422. The van der Waals surface area contributed by atoms with Gasteiger partial charge in [0.1, 0.15) is 5.82 Å². The molecule has 6 heteroatoms. The van der Waals surface area contributed by atoms with Gasteiger partial charge in [-0.1, -0.05) is 0 Å². The van der Waals surface area contributed by atoms with E-state index in [1.165, 1.54) is 0 Å². The summed E-state index contributed by atoms with van der Waals surface area (Å²) in [5, 5.41) is 9.17. The molecule has 3 N–H and O–H groups in total. The van der Waals surface area contributed by atoms with Crippen LogP contribution in [0.3, 0.4) is 0 Å². The minimum Gasteiger partial charge on any atom is -0.396 e. The Morgan fingerprint density at radius 3 is 3.13 bits per heavy atom. The molecule has 1 aliphatic heterocycles. The maximum absolute atomic E-state index is 11.6. The summed E-state index contributed by atoms with van der Waals surface area (Å²) in [6, 6.07) is 1.65. The van der Waals surface area contributed by atoms with Crippen molar-refractivity contribution in [3.8, 4) is 0 Å². The van der Waals surface area contributed by atoms with Crippen molar-refractivity contribution in [2.45, 2.75) is 6.04 Å². The van der Waals surface area contributed by atoms with Crippen molar-refractivity contribution >= 4 is 17.6 Å². The molecule has 2 atom stereocenters. The van der Waals surface area contributed by atoms with E-state index >= 15 is 0 Å². The van der Waals surface area contributed by atoms with E-state index in [0.717, 1.165) is 11.5 Å². The Morgan fingerprint density at radius 1 is 1.67 bits per heavy atom. The van der Waals surface area contributed by atoms with Gasteiger partial charge in [-0.25, -0.2) is 4.79 Å². The van der Waals surface area contributed by atoms with Gasteiger partial charge in [0, 0.05) is 30.2 Å². The van der Waals surface area contributed by atoms with E-state index in [-0.39, 0.29) is 30.1 Å². The van der Waals surface area contributed by atoms with Gasteiger partial charge in [0.15, 0.2) is 0 Å². The third-order valence-electron chi connectivity index (χ3n) is 2.61. The van der Waals surface area contributed by atoms with Crippen molar-refractivity contribution in [1.82, 2.24) is 9.55 Å². The van der Waals surface area contributed by atoms with Gasteiger partial charge >= 0.3 is 5.69 Å². The largest absolute Gasteiger partial charge is 0.396 e. The first-order valence-corrected chi connectivity index (χ1v) is 5.91. The molecule has 2 heterocycles. The Balaban J connectivity index is 2.33. The number of nitrogen functional groups attached to an aromatic ring is 1. The Bertz CT molecular complexity index is 407. The smallest absolute Gasteiger partial charge is 0.349 e. The third kappa shape index (κ3) is 2.00. The highest BCUT2D eigenvalue weighted by atomic mass is 32.2. The lowest BCUT2D eigenvalue weighted by Crippen LogP contribution is -2.31. The predicted octanol–water partition coefficient (Wildman–Crippen LogP) is -0.278. The van der Waals surface area contributed by atoms with Crippen molar-refractivity contribution in [3.05, 3.63) is 22.7 Å². The number of hydrogen-bond acceptors (Lipinski definition) is 5. The van der Waals surface area contributed by atoms with Crippen LogP contribution in [0.2, 0.25) is 0 Å². The SMILES string of the molecule is Nc1ccn([C@@H]2CSC[C@@H]2CO)c(=O)n1. The number of aromatic nitrogens is 2. The van der Waals surface area contributed by atoms with Crippen LogP contribution in [0, 0.1) is 5.92 Å². The average Bonchev–Trinajstić information content (AvgIpc) is 2.65. The van der Waals surface area contributed by atoms with Gasteiger partial charge in [0.05, 0.1) is 6.04 Å². The van der Waals surface area contributed by atoms with E-state index in [0.29, 0.717) is 0 Å². The molecule has 1 aromatic heterocycles. The van der Waals surface area contributed by atoms with Crippen LogP contribution < -0.4 is 11.4 Å². The Morgan fingerprint density at radius 2 is 2.47 bits per heavy atom. The lowest BCUT2D eigenvalue weighted by molar-refractivity contribution is 0.206. The number of aliphatic hydroxyl groups excluding tert-OH is 1. The molecule has 0 unspecified atom stereocenters. The number of thioether (sulfide) groups is 1. The molecule has 0 aliphatic carbocycles. The average molecular weight is 227 g/mol. The van der Waals surface area contributed by atoms with Crippen LogP contribution in [0.4, 0.5) is 5.82 Å². The van der Waals surface area contributed by atoms with Crippen LogP contribution in [0.1, 0.15) is 6.04 Å². The number of hydrogen-bond donors (Lipinski definition) is 2. The summed E-state index contributed by atoms with van der Waals surface area (Å²) in [7, 11) is 0. The molecule has 1 saturated heterocycles. The summed E-state index contributed by atoms with van der Waals surface area (Å²) in [5.74, 6) is 2.11. The van der Waals surface area contributed by atoms with E-state index < -0.39 is 0 Å². The maximum atomic E-state index is 11.6. The van der Waals surface area contributed by atoms with E-state index in [2.05, 4.69) is 4.98 Å². The van der Waals surface area contributed by atoms with Crippen molar-refractivity contribution in [2.24, 2.45) is 5.92 Å². The predicted molar refractivity (Wildman–Crippen MR) is 59.8 cm³/mol. The highest BCUT2D eigenvalue weighted by molar-refractivity contribution is 7.99. The zero-order valence-electron chi connectivity index (χ0n) is 8.17. The summed E-state index contributed by atoms with van der Waals surface area (Å²) in [5.41, 5.74) is 5.08. The summed E-state index contributed by atoms with van der Waals surface area (Å²) in [4.78, 5) is 15.3. The molecular formula is C9H13N3O2S. The molecule has 5 nitrogen and oxygen atoms in total. The van der Waals surface area contributed by atoms with Gasteiger partial charge in [-0.15, -0.1) is 0 Å². The Hall–Kier alpha value is -1.01. The van der Waals surface area contributed by atoms with Gasteiger partial charge in [0.2, 0.25) is 0 Å². The van der Waals surface area contributed by atoms with Crippen molar-refractivity contribution in [1.29, 1.82) is 0 Å². The molecule has 0 aromatic carbocycles. The van der Waals surface area contributed by atoms with Gasteiger partial charge < -0.3 is 10.8 Å². The summed E-state index contributed by atoms with van der Waals surface area (Å²) in [6.45, 7) is 0.106. The fraction of sp³-hybridized carbons (Fsp3) is 0.556. The molecule has 0 amide bonds. The van der Waals surface area contributed by atoms with E-state index in [9.17, 15) is 4.79 Å². The number of anilines is 1. The van der Waals surface area contributed by atoms with Crippen LogP contribution >= 0.6 is 11.8 Å². The van der Waals surface area contributed by atoms with Gasteiger partial charge in [-0.3, -0.25) is 4.57 Å². The molecule has 0 bridgehead atoms. The molecule has 2 rings (SSSR count). The Labute approximate surface area is 91.3 Å². The van der Waals surface area contributed by atoms with Gasteiger partial charge in [0.25, 0.3) is 0 Å². The van der Waals surface area contributed by atoms with Crippen LogP contribution in [0.25, 0.3) is 0 Å². The fourth-order valence-electron chi connectivity index (χ4n) is 1.75. The lowest BCUT2D eigenvalue weighted by atomic mass is 10.1. The highest BCUT2D eigenvalue weighted by Crippen LogP contribution is 2.32. The quantitative estimate of drug-likeness (QED) is 0.726. The van der Waals surface area contributed by atoms with E-state index in [1.54, 1.807) is 28.6 Å². The normalized spacial score (nSPS) is 25.7. The molecule has 15 heavy (non-hydrogen) atoms. The molecule has 0 spiro atoms. The van der Waals surface area contributed by atoms with Gasteiger partial charge in [-0.05, 0) is 6.07 Å². The van der Waals surface area contributed by atoms with Crippen molar-refractivity contribution in [2.75, 3.05) is 23.8 Å². The second-order valence-electron chi connectivity index (χ2n) is 3.59. The molecule has 0 radical (unpaired) electrons. The number of rotatable bonds is 2. The zero-order valence-corrected chi connectivity index (χ0v) is 8.98. The molecule has 0 saturated carbocycles.